The monoisotopic (exact) mass is 307 g/mol. The number of nitro benzene ring substituents is 1. The third-order valence-corrected chi connectivity index (χ3v) is 3.61. The van der Waals surface area contributed by atoms with E-state index in [1.54, 1.807) is 5.38 Å². The number of carboxylic acid groups (broad SMARTS) is 1. The van der Waals surface area contributed by atoms with Gasteiger partial charge in [-0.15, -0.1) is 11.3 Å². The van der Waals surface area contributed by atoms with Crippen LogP contribution in [0.3, 0.4) is 0 Å². The van der Waals surface area contributed by atoms with E-state index in [4.69, 9.17) is 5.11 Å². The fraction of sp³-hybridized carbons (Fsp3) is 0.0769. The number of methoxy groups -OCH3 is 1. The van der Waals surface area contributed by atoms with Crippen LogP contribution >= 0.6 is 11.3 Å². The van der Waals surface area contributed by atoms with Crippen molar-refractivity contribution in [2.75, 3.05) is 7.11 Å². The van der Waals surface area contributed by atoms with Crippen LogP contribution in [0.25, 0.3) is 11.1 Å². The lowest BCUT2D eigenvalue weighted by Gasteiger charge is -2.01. The van der Waals surface area contributed by atoms with E-state index in [1.807, 2.05) is 0 Å². The Morgan fingerprint density at radius 3 is 2.52 bits per heavy atom. The second-order valence-electron chi connectivity index (χ2n) is 4.02. The first-order chi connectivity index (χ1) is 9.92. The molecule has 7 nitrogen and oxygen atoms in total. The molecule has 108 valence electrons. The highest BCUT2D eigenvalue weighted by molar-refractivity contribution is 7.12. The number of ether oxygens (including phenoxy) is 1. The van der Waals surface area contributed by atoms with Gasteiger partial charge in [0.05, 0.1) is 17.6 Å². The minimum atomic E-state index is -1.26. The van der Waals surface area contributed by atoms with Crippen LogP contribution in [0.4, 0.5) is 5.69 Å². The average Bonchev–Trinajstić information content (AvgIpc) is 2.95. The second kappa shape index (κ2) is 5.71. The second-order valence-corrected chi connectivity index (χ2v) is 4.93. The van der Waals surface area contributed by atoms with E-state index in [0.29, 0.717) is 16.0 Å². The number of carbonyl (C=O) groups excluding carboxylic acids is 1. The van der Waals surface area contributed by atoms with Crippen LogP contribution in [-0.2, 0) is 4.74 Å². The Balaban J connectivity index is 2.52. The molecule has 0 radical (unpaired) electrons. The Labute approximate surface area is 122 Å². The van der Waals surface area contributed by atoms with Gasteiger partial charge < -0.3 is 9.84 Å². The van der Waals surface area contributed by atoms with Gasteiger partial charge >= 0.3 is 11.9 Å². The summed E-state index contributed by atoms with van der Waals surface area (Å²) in [4.78, 5) is 32.9. The molecule has 2 aromatic rings. The number of rotatable bonds is 4. The lowest BCUT2D eigenvalue weighted by Crippen LogP contribution is -1.99. The summed E-state index contributed by atoms with van der Waals surface area (Å²) in [6.45, 7) is 0. The Bertz CT molecular complexity index is 704. The van der Waals surface area contributed by atoms with Gasteiger partial charge in [0, 0.05) is 12.1 Å². The van der Waals surface area contributed by atoms with Crippen molar-refractivity contribution < 1.29 is 24.4 Å². The van der Waals surface area contributed by atoms with Crippen molar-refractivity contribution in [3.63, 3.8) is 0 Å². The van der Waals surface area contributed by atoms with E-state index in [0.717, 1.165) is 17.4 Å². The molecule has 0 aliphatic rings. The molecule has 1 N–H and O–H groups in total. The summed E-state index contributed by atoms with van der Waals surface area (Å²) in [5.74, 6) is -1.78. The van der Waals surface area contributed by atoms with Gasteiger partial charge in [-0.1, -0.05) is 0 Å². The summed E-state index contributed by atoms with van der Waals surface area (Å²) in [5.41, 5.74) is 0.361. The maximum Gasteiger partial charge on any atom is 0.348 e. The Hall–Kier alpha value is -2.74. The van der Waals surface area contributed by atoms with E-state index in [9.17, 15) is 19.7 Å². The molecule has 0 unspecified atom stereocenters. The third-order valence-electron chi connectivity index (χ3n) is 2.69. The van der Waals surface area contributed by atoms with Gasteiger partial charge in [-0.3, -0.25) is 10.1 Å². The van der Waals surface area contributed by atoms with Crippen molar-refractivity contribution in [2.24, 2.45) is 0 Å². The Morgan fingerprint density at radius 2 is 1.95 bits per heavy atom. The van der Waals surface area contributed by atoms with Crippen molar-refractivity contribution in [1.82, 2.24) is 0 Å². The molecule has 0 saturated carbocycles. The minimum absolute atomic E-state index is 0.190. The van der Waals surface area contributed by atoms with Crippen molar-refractivity contribution in [3.8, 4) is 11.1 Å². The molecular weight excluding hydrogens is 298 g/mol. The van der Waals surface area contributed by atoms with Crippen LogP contribution in [0, 0.1) is 10.1 Å². The van der Waals surface area contributed by atoms with Crippen LogP contribution < -0.4 is 0 Å². The predicted octanol–water partition coefficient (Wildman–Crippen LogP) is 2.81. The fourth-order valence-corrected chi connectivity index (χ4v) is 2.53. The standard InChI is InChI=1S/C13H9NO6S/c1-20-13(17)11-5-9(6-21-11)7-2-8(12(15)16)4-10(3-7)14(18)19/h2-6H,1H3,(H,15,16). The number of esters is 1. The van der Waals surface area contributed by atoms with E-state index >= 15 is 0 Å². The summed E-state index contributed by atoms with van der Waals surface area (Å²) in [6.07, 6.45) is 0. The number of thiophene rings is 1. The highest BCUT2D eigenvalue weighted by atomic mass is 32.1. The average molecular weight is 307 g/mol. The summed E-state index contributed by atoms with van der Waals surface area (Å²) in [6, 6.07) is 5.06. The maximum atomic E-state index is 11.4. The number of non-ortho nitro benzene ring substituents is 1. The first-order valence-electron chi connectivity index (χ1n) is 5.62. The van der Waals surface area contributed by atoms with Crippen molar-refractivity contribution in [1.29, 1.82) is 0 Å². The minimum Gasteiger partial charge on any atom is -0.478 e. The smallest absolute Gasteiger partial charge is 0.348 e. The molecule has 0 fully saturated rings. The molecule has 0 atom stereocenters. The van der Waals surface area contributed by atoms with E-state index in [2.05, 4.69) is 4.74 Å². The maximum absolute atomic E-state index is 11.4. The summed E-state index contributed by atoms with van der Waals surface area (Å²) in [5, 5.41) is 21.5. The fourth-order valence-electron chi connectivity index (χ4n) is 1.70. The topological polar surface area (TPSA) is 107 Å². The van der Waals surface area contributed by atoms with E-state index in [-0.39, 0.29) is 11.3 Å². The summed E-state index contributed by atoms with van der Waals surface area (Å²) < 4.78 is 4.58. The van der Waals surface area contributed by atoms with Gasteiger partial charge in [0.15, 0.2) is 0 Å². The number of benzene rings is 1. The number of carboxylic acids is 1. The van der Waals surface area contributed by atoms with Gasteiger partial charge in [0.25, 0.3) is 5.69 Å². The van der Waals surface area contributed by atoms with Crippen LogP contribution in [0.5, 0.6) is 0 Å². The molecule has 8 heteroatoms. The molecular formula is C13H9NO6S. The van der Waals surface area contributed by atoms with E-state index in [1.165, 1.54) is 25.3 Å². The van der Waals surface area contributed by atoms with Gasteiger partial charge in [-0.05, 0) is 28.6 Å². The highest BCUT2D eigenvalue weighted by Gasteiger charge is 2.16. The number of carbonyl (C=O) groups is 2. The third kappa shape index (κ3) is 3.06. The lowest BCUT2D eigenvalue weighted by atomic mass is 10.0. The first kappa shape index (κ1) is 14.7. The van der Waals surface area contributed by atoms with Gasteiger partial charge in [-0.25, -0.2) is 9.59 Å². The van der Waals surface area contributed by atoms with Crippen molar-refractivity contribution >= 4 is 29.0 Å². The number of nitrogens with zero attached hydrogens (tertiary/aromatic N) is 1. The normalized spacial score (nSPS) is 10.1. The molecule has 0 aliphatic carbocycles. The first-order valence-corrected chi connectivity index (χ1v) is 6.50. The molecule has 0 saturated heterocycles. The Kier molecular flexibility index (Phi) is 3.99. The molecule has 21 heavy (non-hydrogen) atoms. The number of hydrogen-bond acceptors (Lipinski definition) is 6. The van der Waals surface area contributed by atoms with Crippen molar-refractivity contribution in [3.05, 3.63) is 50.2 Å². The molecule has 1 heterocycles. The molecule has 1 aromatic carbocycles. The SMILES string of the molecule is COC(=O)c1cc(-c2cc(C(=O)O)cc([N+](=O)[O-])c2)cs1. The van der Waals surface area contributed by atoms with Crippen LogP contribution in [0.2, 0.25) is 0 Å². The zero-order valence-electron chi connectivity index (χ0n) is 10.7. The van der Waals surface area contributed by atoms with Crippen LogP contribution in [-0.4, -0.2) is 29.1 Å². The lowest BCUT2D eigenvalue weighted by molar-refractivity contribution is -0.384. The summed E-state index contributed by atoms with van der Waals surface area (Å²) >= 11 is 1.11. The zero-order valence-corrected chi connectivity index (χ0v) is 11.5. The molecule has 1 aromatic heterocycles. The molecule has 0 spiro atoms. The number of aromatic carboxylic acids is 1. The number of nitro groups is 1. The largest absolute Gasteiger partial charge is 0.478 e. The zero-order chi connectivity index (χ0) is 15.6. The van der Waals surface area contributed by atoms with E-state index < -0.39 is 16.9 Å². The molecule has 0 amide bonds. The summed E-state index contributed by atoms with van der Waals surface area (Å²) in [7, 11) is 1.25. The van der Waals surface area contributed by atoms with Crippen molar-refractivity contribution in [2.45, 2.75) is 0 Å². The molecule has 2 rings (SSSR count). The molecule has 0 bridgehead atoms. The number of hydrogen-bond donors (Lipinski definition) is 1. The highest BCUT2D eigenvalue weighted by Crippen LogP contribution is 2.30. The molecule has 0 aliphatic heterocycles. The predicted molar refractivity (Wildman–Crippen MR) is 74.7 cm³/mol. The van der Waals surface area contributed by atoms with Crippen LogP contribution in [0.15, 0.2) is 29.6 Å². The van der Waals surface area contributed by atoms with Gasteiger partial charge in [0.1, 0.15) is 4.88 Å². The van der Waals surface area contributed by atoms with Gasteiger partial charge in [-0.2, -0.15) is 0 Å². The quantitative estimate of drug-likeness (QED) is 0.528. The van der Waals surface area contributed by atoms with Gasteiger partial charge in [0.2, 0.25) is 0 Å². The Morgan fingerprint density at radius 1 is 1.24 bits per heavy atom. The van der Waals surface area contributed by atoms with Crippen LogP contribution in [0.1, 0.15) is 20.0 Å².